The van der Waals surface area contributed by atoms with Gasteiger partial charge in [-0.15, -0.1) is 0 Å². The van der Waals surface area contributed by atoms with Crippen molar-refractivity contribution in [3.63, 3.8) is 0 Å². The Hall–Kier alpha value is -3.14. The summed E-state index contributed by atoms with van der Waals surface area (Å²) < 4.78 is 0. The molecule has 4 heteroatoms. The fourth-order valence-corrected chi connectivity index (χ4v) is 2.62. The molecule has 0 spiro atoms. The predicted molar refractivity (Wildman–Crippen MR) is 111 cm³/mol. The summed E-state index contributed by atoms with van der Waals surface area (Å²) in [6.07, 6.45) is 11.8. The first-order valence-electron chi connectivity index (χ1n) is 8.91. The van der Waals surface area contributed by atoms with Crippen molar-refractivity contribution in [3.8, 4) is 0 Å². The van der Waals surface area contributed by atoms with Gasteiger partial charge in [0.15, 0.2) is 0 Å². The Labute approximate surface area is 155 Å². The van der Waals surface area contributed by atoms with E-state index in [2.05, 4.69) is 56.6 Å². The molecular weight excluding hydrogens is 320 g/mol. The molecule has 4 nitrogen and oxygen atoms in total. The maximum Gasteiger partial charge on any atom is 0.0553 e. The number of piperazine rings is 1. The number of hydrogen-bond donors (Lipinski definition) is 0. The highest BCUT2D eigenvalue weighted by molar-refractivity contribution is 5.78. The Morgan fingerprint density at radius 2 is 0.962 bits per heavy atom. The van der Waals surface area contributed by atoms with Crippen molar-refractivity contribution in [3.05, 3.63) is 83.9 Å². The molecule has 0 aliphatic carbocycles. The third-order valence-electron chi connectivity index (χ3n) is 4.04. The molecular formula is C22H24N4. The summed E-state index contributed by atoms with van der Waals surface area (Å²) in [7, 11) is 0. The van der Waals surface area contributed by atoms with Gasteiger partial charge in [-0.05, 0) is 23.3 Å². The lowest BCUT2D eigenvalue weighted by Crippen LogP contribution is -2.41. The van der Waals surface area contributed by atoms with Crippen LogP contribution in [-0.4, -0.2) is 48.6 Å². The summed E-state index contributed by atoms with van der Waals surface area (Å²) in [5.41, 5.74) is 2.36. The molecule has 1 aliphatic heterocycles. The van der Waals surface area contributed by atoms with Gasteiger partial charge in [-0.25, -0.2) is 0 Å². The van der Waals surface area contributed by atoms with Crippen LogP contribution in [0.2, 0.25) is 0 Å². The highest BCUT2D eigenvalue weighted by Crippen LogP contribution is 2.04. The van der Waals surface area contributed by atoms with E-state index in [0.29, 0.717) is 0 Å². The van der Waals surface area contributed by atoms with Crippen LogP contribution in [0.3, 0.4) is 0 Å². The molecule has 3 rings (SSSR count). The zero-order valence-corrected chi connectivity index (χ0v) is 14.9. The molecule has 0 aromatic heterocycles. The second-order valence-electron chi connectivity index (χ2n) is 5.98. The van der Waals surface area contributed by atoms with Crippen molar-refractivity contribution in [2.24, 2.45) is 10.2 Å². The highest BCUT2D eigenvalue weighted by Gasteiger charge is 2.12. The van der Waals surface area contributed by atoms with Gasteiger partial charge in [0.05, 0.1) is 26.2 Å². The topological polar surface area (TPSA) is 31.2 Å². The largest absolute Gasteiger partial charge is 0.293 e. The lowest BCUT2D eigenvalue weighted by atomic mass is 10.2. The number of nitrogens with zero attached hydrogens (tertiary/aromatic N) is 4. The standard InChI is InChI=1S/C22H24N4/c1-3-9-21(10-4-1)13-7-15-23-25-17-19-26(20-18-25)24-16-8-14-22-11-5-2-6-12-22/h1-16H,17-20H2/b13-7+,14-8?,23-15?,24-16+. The van der Waals surface area contributed by atoms with Crippen molar-refractivity contribution in [1.82, 2.24) is 10.0 Å². The maximum absolute atomic E-state index is 4.50. The molecule has 0 atom stereocenters. The van der Waals surface area contributed by atoms with E-state index < -0.39 is 0 Å². The average Bonchev–Trinajstić information content (AvgIpc) is 2.71. The van der Waals surface area contributed by atoms with Crippen LogP contribution in [0.15, 0.2) is 83.0 Å². The minimum atomic E-state index is 0.884. The van der Waals surface area contributed by atoms with Gasteiger partial charge < -0.3 is 0 Å². The number of hydrazone groups is 2. The maximum atomic E-state index is 4.50. The molecule has 0 unspecified atom stereocenters. The van der Waals surface area contributed by atoms with E-state index >= 15 is 0 Å². The van der Waals surface area contributed by atoms with Crippen molar-refractivity contribution in [2.45, 2.75) is 0 Å². The summed E-state index contributed by atoms with van der Waals surface area (Å²) in [5, 5.41) is 13.2. The fraction of sp³-hybridized carbons (Fsp3) is 0.182. The summed E-state index contributed by atoms with van der Waals surface area (Å²) >= 11 is 0. The second-order valence-corrected chi connectivity index (χ2v) is 5.98. The van der Waals surface area contributed by atoms with Crippen molar-refractivity contribution < 1.29 is 0 Å². The van der Waals surface area contributed by atoms with Crippen LogP contribution < -0.4 is 0 Å². The Balaban J connectivity index is 1.38. The smallest absolute Gasteiger partial charge is 0.0553 e. The number of allylic oxidation sites excluding steroid dienone is 2. The van der Waals surface area contributed by atoms with Crippen molar-refractivity contribution in [2.75, 3.05) is 26.2 Å². The SMILES string of the molecule is C(=Cc1ccccc1)/C=N/N1CCN(N=C/C=C/c2ccccc2)CC1. The molecule has 2 aromatic carbocycles. The Morgan fingerprint density at radius 1 is 0.577 bits per heavy atom. The summed E-state index contributed by atoms with van der Waals surface area (Å²) in [6, 6.07) is 20.5. The van der Waals surface area contributed by atoms with Crippen LogP contribution in [0.1, 0.15) is 11.1 Å². The van der Waals surface area contributed by atoms with E-state index in [-0.39, 0.29) is 0 Å². The van der Waals surface area contributed by atoms with Gasteiger partial charge in [-0.1, -0.05) is 72.8 Å². The molecule has 1 heterocycles. The van der Waals surface area contributed by atoms with E-state index in [1.165, 1.54) is 11.1 Å². The van der Waals surface area contributed by atoms with Crippen LogP contribution in [-0.2, 0) is 0 Å². The minimum Gasteiger partial charge on any atom is -0.293 e. The van der Waals surface area contributed by atoms with Crippen LogP contribution in [0.25, 0.3) is 12.2 Å². The first-order valence-corrected chi connectivity index (χ1v) is 8.91. The molecule has 0 amide bonds. The first-order chi connectivity index (χ1) is 12.9. The summed E-state index contributed by atoms with van der Waals surface area (Å²) in [5.74, 6) is 0. The zero-order chi connectivity index (χ0) is 17.9. The molecule has 1 aliphatic rings. The highest BCUT2D eigenvalue weighted by atomic mass is 15.5. The van der Waals surface area contributed by atoms with Crippen molar-refractivity contribution in [1.29, 1.82) is 0 Å². The van der Waals surface area contributed by atoms with Gasteiger partial charge in [0, 0.05) is 12.4 Å². The lowest BCUT2D eigenvalue weighted by Gasteiger charge is -2.30. The molecule has 1 saturated heterocycles. The van der Waals surface area contributed by atoms with Crippen LogP contribution in [0.4, 0.5) is 0 Å². The quantitative estimate of drug-likeness (QED) is 0.742. The monoisotopic (exact) mass is 344 g/mol. The van der Waals surface area contributed by atoms with Gasteiger partial charge in [0.1, 0.15) is 0 Å². The third-order valence-corrected chi connectivity index (χ3v) is 4.04. The predicted octanol–water partition coefficient (Wildman–Crippen LogP) is 4.00. The van der Waals surface area contributed by atoms with E-state index in [0.717, 1.165) is 26.2 Å². The molecule has 0 bridgehead atoms. The number of benzene rings is 2. The van der Waals surface area contributed by atoms with Gasteiger partial charge in [-0.2, -0.15) is 10.2 Å². The molecule has 2 aromatic rings. The third kappa shape index (κ3) is 6.06. The van der Waals surface area contributed by atoms with Crippen molar-refractivity contribution >= 4 is 24.6 Å². The van der Waals surface area contributed by atoms with Crippen LogP contribution in [0.5, 0.6) is 0 Å². The molecule has 26 heavy (non-hydrogen) atoms. The molecule has 1 fully saturated rings. The Kier molecular flexibility index (Phi) is 6.79. The minimum absolute atomic E-state index is 0.884. The zero-order valence-electron chi connectivity index (χ0n) is 14.9. The van der Waals surface area contributed by atoms with Crippen LogP contribution in [0, 0.1) is 0 Å². The normalized spacial score (nSPS) is 15.8. The summed E-state index contributed by atoms with van der Waals surface area (Å²) in [6.45, 7) is 3.54. The number of rotatable bonds is 6. The molecule has 0 N–H and O–H groups in total. The van der Waals surface area contributed by atoms with E-state index in [9.17, 15) is 0 Å². The molecule has 132 valence electrons. The van der Waals surface area contributed by atoms with Gasteiger partial charge in [-0.3, -0.25) is 10.0 Å². The summed E-state index contributed by atoms with van der Waals surface area (Å²) in [4.78, 5) is 0. The first kappa shape index (κ1) is 17.7. The molecule has 0 radical (unpaired) electrons. The number of hydrogen-bond acceptors (Lipinski definition) is 4. The van der Waals surface area contributed by atoms with E-state index in [1.807, 2.05) is 61.0 Å². The van der Waals surface area contributed by atoms with Gasteiger partial charge in [0.2, 0.25) is 0 Å². The Morgan fingerprint density at radius 3 is 1.35 bits per heavy atom. The Bertz CT molecular complexity index is 688. The van der Waals surface area contributed by atoms with Crippen LogP contribution >= 0.6 is 0 Å². The molecule has 0 saturated carbocycles. The van der Waals surface area contributed by atoms with E-state index in [4.69, 9.17) is 0 Å². The van der Waals surface area contributed by atoms with E-state index in [1.54, 1.807) is 0 Å². The van der Waals surface area contributed by atoms with Gasteiger partial charge in [0.25, 0.3) is 0 Å². The average molecular weight is 344 g/mol. The second kappa shape index (κ2) is 9.99. The fourth-order valence-electron chi connectivity index (χ4n) is 2.62. The lowest BCUT2D eigenvalue weighted by molar-refractivity contribution is 0.141. The van der Waals surface area contributed by atoms with Gasteiger partial charge >= 0.3 is 0 Å².